The number of benzene rings is 2. The molecule has 0 saturated carbocycles. The topological polar surface area (TPSA) is 122 Å². The van der Waals surface area contributed by atoms with E-state index in [1.165, 1.54) is 17.7 Å². The van der Waals surface area contributed by atoms with Gasteiger partial charge in [-0.15, -0.1) is 0 Å². The van der Waals surface area contributed by atoms with Crippen LogP contribution in [0.2, 0.25) is 5.02 Å². The molecule has 3 heterocycles. The second-order valence-electron chi connectivity index (χ2n) is 7.46. The first-order valence-corrected chi connectivity index (χ1v) is 11.6. The molecule has 1 unspecified atom stereocenters. The minimum Gasteiger partial charge on any atom is -0.486 e. The predicted octanol–water partition coefficient (Wildman–Crippen LogP) is 3.69. The lowest BCUT2D eigenvalue weighted by Gasteiger charge is -2.19. The van der Waals surface area contributed by atoms with Crippen LogP contribution in [0.1, 0.15) is 5.69 Å². The van der Waals surface area contributed by atoms with Crippen LogP contribution in [-0.2, 0) is 0 Å². The van der Waals surface area contributed by atoms with E-state index in [0.717, 1.165) is 16.9 Å². The van der Waals surface area contributed by atoms with Crippen LogP contribution in [0.3, 0.4) is 0 Å². The average Bonchev–Trinajstić information content (AvgIpc) is 3.26. The number of halogens is 1. The number of aliphatic imine (C=N–C) groups is 1. The van der Waals surface area contributed by atoms with Crippen LogP contribution in [0.5, 0.6) is 11.5 Å². The van der Waals surface area contributed by atoms with Gasteiger partial charge in [0.25, 0.3) is 0 Å². The molecular formula is C23H20ClN5O4S. The third kappa shape index (κ3) is 4.66. The van der Waals surface area contributed by atoms with Gasteiger partial charge in [0.15, 0.2) is 22.1 Å². The van der Waals surface area contributed by atoms with Gasteiger partial charge < -0.3 is 25.0 Å². The first-order valence-electron chi connectivity index (χ1n) is 10.5. The molecule has 0 bridgehead atoms. The summed E-state index contributed by atoms with van der Waals surface area (Å²) < 4.78 is 15.8. The van der Waals surface area contributed by atoms with Gasteiger partial charge in [-0.3, -0.25) is 4.99 Å². The lowest BCUT2D eigenvalue weighted by molar-refractivity contribution is 0.102. The quantitative estimate of drug-likeness (QED) is 0.330. The summed E-state index contributed by atoms with van der Waals surface area (Å²) in [7, 11) is 0. The maximum Gasteiger partial charge on any atom is 0.172 e. The van der Waals surface area contributed by atoms with Gasteiger partial charge in [0.1, 0.15) is 24.4 Å². The minimum absolute atomic E-state index is 0.0872. The van der Waals surface area contributed by atoms with Gasteiger partial charge >= 0.3 is 0 Å². The Morgan fingerprint density at radius 3 is 2.91 bits per heavy atom. The van der Waals surface area contributed by atoms with Gasteiger partial charge in [0, 0.05) is 11.8 Å². The lowest BCUT2D eigenvalue weighted by Crippen LogP contribution is -2.15. The van der Waals surface area contributed by atoms with Crippen molar-refractivity contribution in [3.63, 3.8) is 0 Å². The van der Waals surface area contributed by atoms with E-state index in [0.29, 0.717) is 51.5 Å². The van der Waals surface area contributed by atoms with Crippen LogP contribution in [0.4, 0.5) is 11.5 Å². The Morgan fingerprint density at radius 1 is 1.21 bits per heavy atom. The lowest BCUT2D eigenvalue weighted by atomic mass is 10.0. The molecule has 1 aliphatic heterocycles. The highest BCUT2D eigenvalue weighted by Crippen LogP contribution is 2.40. The van der Waals surface area contributed by atoms with E-state index >= 15 is 0 Å². The van der Waals surface area contributed by atoms with Crippen LogP contribution < -0.4 is 14.8 Å². The van der Waals surface area contributed by atoms with Crippen molar-refractivity contribution < 1.29 is 19.7 Å². The standard InChI is InChI=1S/C23H20ClN5O4S/c24-20-16(13-4-5-18-19(8-13)33-7-6-32-18)2-1-3-17(20)28-22-21-23(34-29-22)27-14(10-26-21)9-25-11-15(31)12-30/h1-5,8-10,15,30-31H,6-7,11-12H2,(H,28,29). The molecule has 2 aromatic carbocycles. The third-order valence-electron chi connectivity index (χ3n) is 5.06. The molecule has 0 aliphatic carbocycles. The van der Waals surface area contributed by atoms with E-state index in [9.17, 15) is 5.11 Å². The van der Waals surface area contributed by atoms with Crippen molar-refractivity contribution in [3.8, 4) is 22.6 Å². The molecule has 2 aromatic heterocycles. The Labute approximate surface area is 203 Å². The number of aliphatic hydroxyl groups excluding tert-OH is 2. The molecule has 5 rings (SSSR count). The number of ether oxygens (including phenoxy) is 2. The van der Waals surface area contributed by atoms with Crippen molar-refractivity contribution in [2.75, 3.05) is 31.7 Å². The number of nitrogens with zero attached hydrogens (tertiary/aromatic N) is 4. The predicted molar refractivity (Wildman–Crippen MR) is 132 cm³/mol. The maximum atomic E-state index is 9.38. The Kier molecular flexibility index (Phi) is 6.54. The fraction of sp³-hybridized carbons (Fsp3) is 0.217. The third-order valence-corrected chi connectivity index (χ3v) is 6.20. The van der Waals surface area contributed by atoms with Crippen molar-refractivity contribution >= 4 is 51.2 Å². The SMILES string of the molecule is OCC(O)CN=Cc1cnc2c(Nc3cccc(-c4ccc5c(c4)OCCO5)c3Cl)nsc2n1. The molecule has 0 saturated heterocycles. The van der Waals surface area contributed by atoms with Crippen LogP contribution in [0.25, 0.3) is 21.5 Å². The zero-order chi connectivity index (χ0) is 23.5. The van der Waals surface area contributed by atoms with Crippen LogP contribution in [-0.4, -0.2) is 63.2 Å². The number of rotatable bonds is 7. The van der Waals surface area contributed by atoms with E-state index in [1.807, 2.05) is 36.4 Å². The molecule has 3 N–H and O–H groups in total. The van der Waals surface area contributed by atoms with E-state index in [4.69, 9.17) is 26.2 Å². The van der Waals surface area contributed by atoms with Crippen LogP contribution in [0.15, 0.2) is 47.6 Å². The number of hydrogen-bond acceptors (Lipinski definition) is 10. The maximum absolute atomic E-state index is 9.38. The fourth-order valence-corrected chi connectivity index (χ4v) is 4.38. The number of fused-ring (bicyclic) bond motifs is 2. The molecule has 0 spiro atoms. The largest absolute Gasteiger partial charge is 0.486 e. The van der Waals surface area contributed by atoms with E-state index in [2.05, 4.69) is 24.7 Å². The summed E-state index contributed by atoms with van der Waals surface area (Å²) in [4.78, 5) is 13.7. The molecule has 4 aromatic rings. The van der Waals surface area contributed by atoms with Crippen LogP contribution in [0, 0.1) is 0 Å². The number of aliphatic hydroxyl groups is 2. The Bertz CT molecular complexity index is 1360. The number of anilines is 2. The monoisotopic (exact) mass is 497 g/mol. The van der Waals surface area contributed by atoms with E-state index in [1.54, 1.807) is 6.20 Å². The van der Waals surface area contributed by atoms with Crippen molar-refractivity contribution in [1.82, 2.24) is 14.3 Å². The zero-order valence-corrected chi connectivity index (χ0v) is 19.4. The van der Waals surface area contributed by atoms with E-state index in [-0.39, 0.29) is 13.2 Å². The second-order valence-corrected chi connectivity index (χ2v) is 8.59. The van der Waals surface area contributed by atoms with Crippen LogP contribution >= 0.6 is 23.1 Å². The molecule has 9 nitrogen and oxygen atoms in total. The summed E-state index contributed by atoms with van der Waals surface area (Å²) in [5.74, 6) is 1.97. The second kappa shape index (κ2) is 9.90. The molecular weight excluding hydrogens is 478 g/mol. The number of aromatic nitrogens is 3. The Hall–Kier alpha value is -3.31. The van der Waals surface area contributed by atoms with Gasteiger partial charge in [-0.2, -0.15) is 4.37 Å². The molecule has 34 heavy (non-hydrogen) atoms. The van der Waals surface area contributed by atoms with Crippen molar-refractivity contribution in [1.29, 1.82) is 0 Å². The van der Waals surface area contributed by atoms with Crippen molar-refractivity contribution in [2.24, 2.45) is 4.99 Å². The first kappa shape index (κ1) is 22.5. The highest BCUT2D eigenvalue weighted by atomic mass is 35.5. The molecule has 0 radical (unpaired) electrons. The highest BCUT2D eigenvalue weighted by molar-refractivity contribution is 7.13. The molecule has 1 atom stereocenters. The Morgan fingerprint density at radius 2 is 2.06 bits per heavy atom. The Balaban J connectivity index is 1.39. The minimum atomic E-state index is -0.894. The summed E-state index contributed by atoms with van der Waals surface area (Å²) in [6.07, 6.45) is 2.19. The van der Waals surface area contributed by atoms with Gasteiger partial charge in [0.2, 0.25) is 0 Å². The number of nitrogens with one attached hydrogen (secondary N) is 1. The van der Waals surface area contributed by atoms with Gasteiger partial charge in [-0.1, -0.05) is 29.8 Å². The molecule has 0 amide bonds. The zero-order valence-electron chi connectivity index (χ0n) is 17.8. The highest BCUT2D eigenvalue weighted by Gasteiger charge is 2.16. The summed E-state index contributed by atoms with van der Waals surface area (Å²) in [5.41, 5.74) is 3.59. The average molecular weight is 498 g/mol. The van der Waals surface area contributed by atoms with Gasteiger partial charge in [-0.25, -0.2) is 9.97 Å². The fourth-order valence-electron chi connectivity index (χ4n) is 3.40. The van der Waals surface area contributed by atoms with Gasteiger partial charge in [-0.05, 0) is 35.3 Å². The molecule has 1 aliphatic rings. The van der Waals surface area contributed by atoms with E-state index < -0.39 is 6.10 Å². The van der Waals surface area contributed by atoms with Crippen molar-refractivity contribution in [3.05, 3.63) is 53.3 Å². The molecule has 174 valence electrons. The van der Waals surface area contributed by atoms with Gasteiger partial charge in [0.05, 0.1) is 36.2 Å². The summed E-state index contributed by atoms with van der Waals surface area (Å²) in [6, 6.07) is 11.5. The summed E-state index contributed by atoms with van der Waals surface area (Å²) >= 11 is 7.97. The molecule has 11 heteroatoms. The number of hydrogen-bond donors (Lipinski definition) is 3. The summed E-state index contributed by atoms with van der Waals surface area (Å²) in [5, 5.41) is 22.0. The van der Waals surface area contributed by atoms with Crippen molar-refractivity contribution in [2.45, 2.75) is 6.10 Å². The smallest absolute Gasteiger partial charge is 0.172 e. The normalized spacial score (nSPS) is 14.0. The molecule has 0 fully saturated rings. The summed E-state index contributed by atoms with van der Waals surface area (Å²) in [6.45, 7) is 0.800. The first-order chi connectivity index (χ1) is 16.6.